The normalized spacial score (nSPS) is 18.7. The van der Waals surface area contributed by atoms with Crippen LogP contribution < -0.4 is 5.32 Å². The Balaban J connectivity index is 1.97. The van der Waals surface area contributed by atoms with Crippen LogP contribution in [0.2, 0.25) is 0 Å². The van der Waals surface area contributed by atoms with Gasteiger partial charge in [-0.15, -0.1) is 0 Å². The highest BCUT2D eigenvalue weighted by atomic mass is 16.5. The molecule has 0 aromatic heterocycles. The highest BCUT2D eigenvalue weighted by molar-refractivity contribution is 4.94. The minimum absolute atomic E-state index is 0.383. The third-order valence-electron chi connectivity index (χ3n) is 2.86. The first kappa shape index (κ1) is 13.7. The van der Waals surface area contributed by atoms with Gasteiger partial charge in [-0.1, -0.05) is 24.5 Å². The Kier molecular flexibility index (Phi) is 6.69. The van der Waals surface area contributed by atoms with Gasteiger partial charge in [0.1, 0.15) is 0 Å². The van der Waals surface area contributed by atoms with Crippen molar-refractivity contribution in [2.24, 2.45) is 0 Å². The molecule has 0 heterocycles. The zero-order valence-corrected chi connectivity index (χ0v) is 10.5. The predicted molar refractivity (Wildman–Crippen MR) is 66.5 cm³/mol. The Morgan fingerprint density at radius 3 is 2.75 bits per heavy atom. The fraction of sp³-hybridized carbons (Fsp3) is 0.846. The zero-order valence-electron chi connectivity index (χ0n) is 10.5. The summed E-state index contributed by atoms with van der Waals surface area (Å²) in [6.45, 7) is 6.04. The summed E-state index contributed by atoms with van der Waals surface area (Å²) in [6.07, 6.45) is 7.01. The molecule has 3 heteroatoms. The zero-order chi connectivity index (χ0) is 11.8. The van der Waals surface area contributed by atoms with E-state index in [1.807, 2.05) is 0 Å². The minimum Gasteiger partial charge on any atom is -0.389 e. The monoisotopic (exact) mass is 227 g/mol. The molecule has 2 N–H and O–H groups in total. The molecule has 3 nitrogen and oxygen atoms in total. The lowest BCUT2D eigenvalue weighted by Crippen LogP contribution is -2.31. The van der Waals surface area contributed by atoms with Gasteiger partial charge in [-0.05, 0) is 26.7 Å². The third-order valence-corrected chi connectivity index (χ3v) is 2.86. The van der Waals surface area contributed by atoms with Crippen LogP contribution in [0.3, 0.4) is 0 Å². The summed E-state index contributed by atoms with van der Waals surface area (Å²) >= 11 is 0. The van der Waals surface area contributed by atoms with E-state index in [-0.39, 0.29) is 6.10 Å². The smallest absolute Gasteiger partial charge is 0.0897 e. The maximum absolute atomic E-state index is 9.67. The van der Waals surface area contributed by atoms with Gasteiger partial charge in [0.2, 0.25) is 0 Å². The van der Waals surface area contributed by atoms with Gasteiger partial charge in [0.25, 0.3) is 0 Å². The van der Waals surface area contributed by atoms with E-state index in [1.54, 1.807) is 0 Å². The third kappa shape index (κ3) is 6.26. The molecule has 0 amide bonds. The molecule has 16 heavy (non-hydrogen) atoms. The van der Waals surface area contributed by atoms with Crippen LogP contribution in [0.25, 0.3) is 0 Å². The molecular formula is C13H25NO2. The molecule has 0 aliphatic heterocycles. The van der Waals surface area contributed by atoms with Crippen LogP contribution in [0.1, 0.15) is 39.5 Å². The van der Waals surface area contributed by atoms with Crippen molar-refractivity contribution in [1.29, 1.82) is 0 Å². The van der Waals surface area contributed by atoms with Gasteiger partial charge >= 0.3 is 0 Å². The molecule has 1 aliphatic rings. The van der Waals surface area contributed by atoms with E-state index in [2.05, 4.69) is 25.2 Å². The van der Waals surface area contributed by atoms with E-state index in [0.717, 1.165) is 19.4 Å². The fourth-order valence-corrected chi connectivity index (χ4v) is 1.89. The molecule has 1 unspecified atom stereocenters. The molecule has 0 aromatic carbocycles. The molecule has 0 radical (unpaired) electrons. The van der Waals surface area contributed by atoms with Gasteiger partial charge in [-0.25, -0.2) is 0 Å². The van der Waals surface area contributed by atoms with E-state index in [4.69, 9.17) is 4.74 Å². The molecule has 0 saturated heterocycles. The summed E-state index contributed by atoms with van der Waals surface area (Å²) in [5, 5.41) is 12.9. The predicted octanol–water partition coefficient (Wildman–Crippen LogP) is 1.86. The minimum atomic E-state index is -0.383. The van der Waals surface area contributed by atoms with Crippen molar-refractivity contribution in [2.45, 2.75) is 51.7 Å². The summed E-state index contributed by atoms with van der Waals surface area (Å²) in [6, 6.07) is 0. The molecule has 0 bridgehead atoms. The van der Waals surface area contributed by atoms with Crippen LogP contribution in [0, 0.1) is 0 Å². The van der Waals surface area contributed by atoms with E-state index in [0.29, 0.717) is 19.3 Å². The summed E-state index contributed by atoms with van der Waals surface area (Å²) in [5.41, 5.74) is 1.30. The number of ether oxygens (including phenoxy) is 1. The number of aliphatic hydroxyl groups excluding tert-OH is 1. The number of nitrogens with one attached hydrogen (secondary N) is 1. The van der Waals surface area contributed by atoms with Gasteiger partial charge in [-0.3, -0.25) is 0 Å². The topological polar surface area (TPSA) is 41.5 Å². The lowest BCUT2D eigenvalue weighted by atomic mass is 10.3. The molecule has 1 atom stereocenters. The Morgan fingerprint density at radius 2 is 2.12 bits per heavy atom. The Morgan fingerprint density at radius 1 is 1.44 bits per heavy atom. The van der Waals surface area contributed by atoms with Crippen LogP contribution in [-0.4, -0.2) is 37.0 Å². The Bertz CT molecular complexity index is 206. The molecule has 94 valence electrons. The number of rotatable bonds is 7. The average Bonchev–Trinajstić information content (AvgIpc) is 2.74. The van der Waals surface area contributed by atoms with E-state index in [1.165, 1.54) is 18.4 Å². The molecule has 1 rings (SSSR count). The maximum atomic E-state index is 9.67. The molecular weight excluding hydrogens is 202 g/mol. The van der Waals surface area contributed by atoms with E-state index >= 15 is 0 Å². The highest BCUT2D eigenvalue weighted by Gasteiger charge is 2.16. The first-order chi connectivity index (χ1) is 7.68. The molecule has 0 spiro atoms. The van der Waals surface area contributed by atoms with Crippen LogP contribution >= 0.6 is 0 Å². The first-order valence-electron chi connectivity index (χ1n) is 6.32. The highest BCUT2D eigenvalue weighted by Crippen LogP contribution is 2.20. The van der Waals surface area contributed by atoms with Gasteiger partial charge < -0.3 is 15.2 Å². The SMILES string of the molecule is CC(C)=CCNCC(O)COC1CCCC1. The fourth-order valence-electron chi connectivity index (χ4n) is 1.89. The average molecular weight is 227 g/mol. The lowest BCUT2D eigenvalue weighted by Gasteiger charge is -2.15. The van der Waals surface area contributed by atoms with Crippen LogP contribution in [-0.2, 0) is 4.74 Å². The van der Waals surface area contributed by atoms with Crippen molar-refractivity contribution in [3.8, 4) is 0 Å². The van der Waals surface area contributed by atoms with Crippen molar-refractivity contribution in [3.05, 3.63) is 11.6 Å². The first-order valence-corrected chi connectivity index (χ1v) is 6.32. The van der Waals surface area contributed by atoms with Crippen molar-refractivity contribution >= 4 is 0 Å². The van der Waals surface area contributed by atoms with E-state index in [9.17, 15) is 5.11 Å². The van der Waals surface area contributed by atoms with Crippen molar-refractivity contribution in [3.63, 3.8) is 0 Å². The van der Waals surface area contributed by atoms with Gasteiger partial charge in [0.15, 0.2) is 0 Å². The molecule has 0 aromatic rings. The second kappa shape index (κ2) is 7.82. The summed E-state index contributed by atoms with van der Waals surface area (Å²) in [7, 11) is 0. The number of hydrogen-bond acceptors (Lipinski definition) is 3. The number of allylic oxidation sites excluding steroid dienone is 1. The van der Waals surface area contributed by atoms with Crippen LogP contribution in [0.4, 0.5) is 0 Å². The van der Waals surface area contributed by atoms with Crippen molar-refractivity contribution in [2.75, 3.05) is 19.7 Å². The van der Waals surface area contributed by atoms with Gasteiger partial charge in [0.05, 0.1) is 18.8 Å². The number of hydrogen-bond donors (Lipinski definition) is 2. The van der Waals surface area contributed by atoms with Crippen LogP contribution in [0.15, 0.2) is 11.6 Å². The maximum Gasteiger partial charge on any atom is 0.0897 e. The summed E-state index contributed by atoms with van der Waals surface area (Å²) in [4.78, 5) is 0. The molecule has 1 saturated carbocycles. The van der Waals surface area contributed by atoms with Gasteiger partial charge in [0, 0.05) is 13.1 Å². The second-order valence-corrected chi connectivity index (χ2v) is 4.83. The van der Waals surface area contributed by atoms with Crippen molar-refractivity contribution < 1.29 is 9.84 Å². The quantitative estimate of drug-likeness (QED) is 0.515. The van der Waals surface area contributed by atoms with Gasteiger partial charge in [-0.2, -0.15) is 0 Å². The standard InChI is InChI=1S/C13H25NO2/c1-11(2)7-8-14-9-12(15)10-16-13-5-3-4-6-13/h7,12-15H,3-6,8-10H2,1-2H3. The van der Waals surface area contributed by atoms with E-state index < -0.39 is 0 Å². The second-order valence-electron chi connectivity index (χ2n) is 4.83. The largest absolute Gasteiger partial charge is 0.389 e. The lowest BCUT2D eigenvalue weighted by molar-refractivity contribution is -0.00510. The Labute approximate surface area is 98.9 Å². The number of aliphatic hydroxyl groups is 1. The van der Waals surface area contributed by atoms with Crippen LogP contribution in [0.5, 0.6) is 0 Å². The molecule has 1 aliphatic carbocycles. The summed E-state index contributed by atoms with van der Waals surface area (Å²) < 4.78 is 5.64. The summed E-state index contributed by atoms with van der Waals surface area (Å²) in [5.74, 6) is 0. The van der Waals surface area contributed by atoms with Crippen molar-refractivity contribution in [1.82, 2.24) is 5.32 Å². The Hall–Kier alpha value is -0.380. The molecule has 1 fully saturated rings.